The van der Waals surface area contributed by atoms with Crippen LogP contribution >= 0.6 is 0 Å². The fourth-order valence-electron chi connectivity index (χ4n) is 3.05. The van der Waals surface area contributed by atoms with E-state index in [1.54, 1.807) is 33.9 Å². The van der Waals surface area contributed by atoms with Gasteiger partial charge >= 0.3 is 0 Å². The summed E-state index contributed by atoms with van der Waals surface area (Å²) in [5.41, 5.74) is 1.94. The van der Waals surface area contributed by atoms with E-state index in [0.29, 0.717) is 24.3 Å². The highest BCUT2D eigenvalue weighted by atomic mass is 32.2. The first kappa shape index (κ1) is 20.0. The van der Waals surface area contributed by atoms with Crippen LogP contribution in [0.2, 0.25) is 0 Å². The normalized spacial score (nSPS) is 15.6. The number of aromatic nitrogens is 5. The molecule has 1 aliphatic rings. The monoisotopic (exact) mass is 404 g/mol. The van der Waals surface area contributed by atoms with Crippen molar-refractivity contribution in [3.63, 3.8) is 0 Å². The van der Waals surface area contributed by atoms with Gasteiger partial charge in [-0.3, -0.25) is 9.48 Å². The highest BCUT2D eigenvalue weighted by Crippen LogP contribution is 2.14. The molecule has 28 heavy (non-hydrogen) atoms. The topological polar surface area (TPSA) is 105 Å². The van der Waals surface area contributed by atoms with E-state index in [9.17, 15) is 13.2 Å². The molecule has 0 amide bonds. The second-order valence-electron chi connectivity index (χ2n) is 6.59. The molecule has 1 N–H and O–H groups in total. The van der Waals surface area contributed by atoms with E-state index in [1.165, 1.54) is 4.31 Å². The van der Waals surface area contributed by atoms with Gasteiger partial charge in [0, 0.05) is 37.3 Å². The van der Waals surface area contributed by atoms with Crippen molar-refractivity contribution in [3.05, 3.63) is 53.2 Å². The van der Waals surface area contributed by atoms with Gasteiger partial charge in [-0.15, -0.1) is 0 Å². The lowest BCUT2D eigenvalue weighted by Gasteiger charge is -2.16. The molecule has 150 valence electrons. The smallest absolute Gasteiger partial charge is 0.274 e. The summed E-state index contributed by atoms with van der Waals surface area (Å²) >= 11 is 0. The van der Waals surface area contributed by atoms with E-state index < -0.39 is 10.0 Å². The van der Waals surface area contributed by atoms with Gasteiger partial charge in [-0.1, -0.05) is 19.4 Å². The lowest BCUT2D eigenvalue weighted by atomic mass is 10.2. The number of aryl methyl sites for hydroxylation is 1. The van der Waals surface area contributed by atoms with Crippen molar-refractivity contribution in [1.82, 2.24) is 28.7 Å². The Hall–Kier alpha value is -2.72. The number of H-pyrrole nitrogens is 1. The first-order chi connectivity index (χ1) is 13.4. The largest absolute Gasteiger partial charge is 0.319 e. The molecule has 0 bridgehead atoms. The summed E-state index contributed by atoms with van der Waals surface area (Å²) in [4.78, 5) is 14.5. The maximum absolute atomic E-state index is 11.7. The fourth-order valence-corrected chi connectivity index (χ4v) is 4.02. The third kappa shape index (κ3) is 4.57. The summed E-state index contributed by atoms with van der Waals surface area (Å²) in [6.07, 6.45) is 11.1. The number of fused-ring (bicyclic) bond motifs is 1. The van der Waals surface area contributed by atoms with Crippen molar-refractivity contribution in [3.8, 4) is 11.3 Å². The van der Waals surface area contributed by atoms with Crippen LogP contribution in [0.1, 0.15) is 25.7 Å². The van der Waals surface area contributed by atoms with E-state index in [2.05, 4.69) is 21.8 Å². The van der Waals surface area contributed by atoms with Crippen LogP contribution in [0, 0.1) is 0 Å². The van der Waals surface area contributed by atoms with Crippen LogP contribution in [0.3, 0.4) is 0 Å². The SMILES string of the molecule is C=CS(=O)(=O)N1CCCCCC1.Cn1cc(-c2cn3nccc3c(=O)[nH]2)cn1. The van der Waals surface area contributed by atoms with E-state index in [-0.39, 0.29) is 5.56 Å². The molecule has 4 rings (SSSR count). The van der Waals surface area contributed by atoms with Crippen LogP contribution in [-0.2, 0) is 17.1 Å². The first-order valence-electron chi connectivity index (χ1n) is 9.09. The van der Waals surface area contributed by atoms with Crippen LogP contribution in [0.25, 0.3) is 16.8 Å². The number of sulfonamides is 1. The van der Waals surface area contributed by atoms with Gasteiger partial charge in [0.15, 0.2) is 0 Å². The fraction of sp³-hybridized carbons (Fsp3) is 0.389. The Morgan fingerprint density at radius 1 is 1.14 bits per heavy atom. The van der Waals surface area contributed by atoms with Gasteiger partial charge in [0.1, 0.15) is 5.52 Å². The molecule has 4 heterocycles. The van der Waals surface area contributed by atoms with Gasteiger partial charge in [0.25, 0.3) is 5.56 Å². The van der Waals surface area contributed by atoms with Crippen molar-refractivity contribution in [2.45, 2.75) is 25.7 Å². The molecule has 0 aromatic carbocycles. The molecule has 1 fully saturated rings. The number of aromatic amines is 1. The Labute approximate surface area is 163 Å². The Bertz CT molecular complexity index is 1100. The number of nitrogens with zero attached hydrogens (tertiary/aromatic N) is 5. The van der Waals surface area contributed by atoms with Gasteiger partial charge in [-0.25, -0.2) is 12.9 Å². The molecule has 3 aromatic heterocycles. The molecule has 10 heteroatoms. The van der Waals surface area contributed by atoms with E-state index in [1.807, 2.05) is 13.2 Å². The molecular formula is C18H24N6O3S. The van der Waals surface area contributed by atoms with E-state index in [0.717, 1.165) is 36.7 Å². The van der Waals surface area contributed by atoms with Crippen LogP contribution in [0.5, 0.6) is 0 Å². The van der Waals surface area contributed by atoms with Crippen molar-refractivity contribution in [2.24, 2.45) is 7.05 Å². The average Bonchev–Trinajstić information content (AvgIpc) is 3.23. The van der Waals surface area contributed by atoms with Crippen LogP contribution < -0.4 is 5.56 Å². The van der Waals surface area contributed by atoms with Crippen LogP contribution in [0.4, 0.5) is 0 Å². The summed E-state index contributed by atoms with van der Waals surface area (Å²) in [6, 6.07) is 1.67. The minimum atomic E-state index is -3.15. The number of rotatable bonds is 3. The van der Waals surface area contributed by atoms with E-state index in [4.69, 9.17) is 0 Å². The van der Waals surface area contributed by atoms with Crippen LogP contribution in [-0.4, -0.2) is 50.2 Å². The molecule has 0 radical (unpaired) electrons. The lowest BCUT2D eigenvalue weighted by molar-refractivity contribution is 0.430. The number of hydrogen-bond acceptors (Lipinski definition) is 5. The summed E-state index contributed by atoms with van der Waals surface area (Å²) in [6.45, 7) is 4.63. The zero-order valence-corrected chi connectivity index (χ0v) is 16.6. The molecule has 9 nitrogen and oxygen atoms in total. The minimum Gasteiger partial charge on any atom is -0.319 e. The molecule has 3 aromatic rings. The predicted octanol–water partition coefficient (Wildman–Crippen LogP) is 1.76. The Balaban J connectivity index is 0.000000169. The maximum atomic E-state index is 11.7. The zero-order chi connectivity index (χ0) is 20.1. The zero-order valence-electron chi connectivity index (χ0n) is 15.8. The number of nitrogens with one attached hydrogen (secondary N) is 1. The standard InChI is InChI=1S/C10H9N5O.C8H15NO2S/c1-14-5-7(4-12-14)8-6-15-9(2-3-11-15)10(16)13-8;1-2-12(10,11)9-7-5-3-4-6-8-9/h2-6H,1H3,(H,13,16);2H,1,3-8H2. The summed E-state index contributed by atoms with van der Waals surface area (Å²) < 4.78 is 27.4. The van der Waals surface area contributed by atoms with E-state index >= 15 is 0 Å². The first-order valence-corrected chi connectivity index (χ1v) is 10.6. The molecule has 0 unspecified atom stereocenters. The molecule has 0 aliphatic carbocycles. The minimum absolute atomic E-state index is 0.154. The molecule has 0 spiro atoms. The molecule has 0 saturated carbocycles. The van der Waals surface area contributed by atoms with Gasteiger partial charge in [-0.05, 0) is 18.9 Å². The Morgan fingerprint density at radius 2 is 1.86 bits per heavy atom. The van der Waals surface area contributed by atoms with Crippen LogP contribution in [0.15, 0.2) is 47.6 Å². The quantitative estimate of drug-likeness (QED) is 0.716. The lowest BCUT2D eigenvalue weighted by Crippen LogP contribution is -2.29. The van der Waals surface area contributed by atoms with Crippen molar-refractivity contribution in [2.75, 3.05) is 13.1 Å². The second-order valence-corrected chi connectivity index (χ2v) is 8.47. The van der Waals surface area contributed by atoms with Gasteiger partial charge in [0.2, 0.25) is 10.0 Å². The predicted molar refractivity (Wildman–Crippen MR) is 107 cm³/mol. The number of hydrogen-bond donors (Lipinski definition) is 1. The maximum Gasteiger partial charge on any atom is 0.274 e. The molecule has 0 atom stereocenters. The summed E-state index contributed by atoms with van der Waals surface area (Å²) in [7, 11) is -1.32. The molecule has 1 saturated heterocycles. The average molecular weight is 404 g/mol. The summed E-state index contributed by atoms with van der Waals surface area (Å²) in [5.74, 6) is 0. The third-order valence-electron chi connectivity index (χ3n) is 4.55. The van der Waals surface area contributed by atoms with Gasteiger partial charge in [0.05, 0.1) is 24.3 Å². The Kier molecular flexibility index (Phi) is 6.10. The molecule has 1 aliphatic heterocycles. The second kappa shape index (κ2) is 8.53. The summed E-state index contributed by atoms with van der Waals surface area (Å²) in [5, 5.41) is 9.14. The van der Waals surface area contributed by atoms with Crippen molar-refractivity contribution in [1.29, 1.82) is 0 Å². The highest BCUT2D eigenvalue weighted by molar-refractivity contribution is 7.92. The van der Waals surface area contributed by atoms with Crippen molar-refractivity contribution < 1.29 is 8.42 Å². The molecular weight excluding hydrogens is 380 g/mol. The van der Waals surface area contributed by atoms with Gasteiger partial charge in [-0.2, -0.15) is 14.5 Å². The van der Waals surface area contributed by atoms with Crippen molar-refractivity contribution >= 4 is 15.5 Å². The third-order valence-corrected chi connectivity index (χ3v) is 6.06. The highest BCUT2D eigenvalue weighted by Gasteiger charge is 2.19. The van der Waals surface area contributed by atoms with Gasteiger partial charge < -0.3 is 4.98 Å². The Morgan fingerprint density at radius 3 is 2.46 bits per heavy atom.